The molecule has 0 fully saturated rings. The highest BCUT2D eigenvalue weighted by atomic mass is 35.5. The molecule has 0 amide bonds. The van der Waals surface area contributed by atoms with Crippen LogP contribution in [-0.2, 0) is 12.4 Å². The maximum Gasteiger partial charge on any atom is 0.125 e. The van der Waals surface area contributed by atoms with Crippen LogP contribution in [0.4, 0.5) is 0 Å². The number of imidazole rings is 1. The average Bonchev–Trinajstić information content (AvgIpc) is 3.07. The molecule has 0 spiro atoms. The number of halogens is 1. The lowest BCUT2D eigenvalue weighted by atomic mass is 10.2. The van der Waals surface area contributed by atoms with E-state index in [1.807, 2.05) is 22.9 Å². The Kier molecular flexibility index (Phi) is 3.20. The van der Waals surface area contributed by atoms with Gasteiger partial charge in [-0.1, -0.05) is 6.07 Å². The van der Waals surface area contributed by atoms with Gasteiger partial charge in [0.2, 0.25) is 0 Å². The predicted molar refractivity (Wildman–Crippen MR) is 75.2 cm³/mol. The van der Waals surface area contributed by atoms with Gasteiger partial charge in [-0.15, -0.1) is 22.9 Å². The van der Waals surface area contributed by atoms with E-state index in [1.165, 1.54) is 0 Å². The van der Waals surface area contributed by atoms with Crippen molar-refractivity contribution in [1.82, 2.24) is 14.5 Å². The van der Waals surface area contributed by atoms with E-state index in [0.29, 0.717) is 23.5 Å². The Bertz CT molecular complexity index is 755. The number of alkyl halides is 1. The fourth-order valence-electron chi connectivity index (χ4n) is 2.04. The van der Waals surface area contributed by atoms with Crippen molar-refractivity contribution < 1.29 is 0 Å². The first-order chi connectivity index (χ1) is 9.33. The maximum atomic E-state index is 9.12. The molecule has 19 heavy (non-hydrogen) atoms. The zero-order chi connectivity index (χ0) is 13.2. The van der Waals surface area contributed by atoms with Crippen LogP contribution in [0, 0.1) is 11.3 Å². The molecular weight excluding hydrogens is 280 g/mol. The van der Waals surface area contributed by atoms with Gasteiger partial charge in [-0.3, -0.25) is 4.98 Å². The second-order valence-electron chi connectivity index (χ2n) is 4.00. The Balaban J connectivity index is 2.19. The monoisotopic (exact) mass is 288 g/mol. The van der Waals surface area contributed by atoms with E-state index in [4.69, 9.17) is 16.9 Å². The smallest absolute Gasteiger partial charge is 0.125 e. The van der Waals surface area contributed by atoms with Crippen LogP contribution in [0.15, 0.2) is 29.9 Å². The highest BCUT2D eigenvalue weighted by molar-refractivity contribution is 7.09. The SMILES string of the molecule is N#Cc1cccc2c1nc(CCl)n2Cc1cncs1. The summed E-state index contributed by atoms with van der Waals surface area (Å²) in [5.41, 5.74) is 4.02. The molecule has 0 bridgehead atoms. The van der Waals surface area contributed by atoms with Gasteiger partial charge >= 0.3 is 0 Å². The molecule has 0 aliphatic heterocycles. The molecule has 0 aliphatic rings. The fraction of sp³-hybridized carbons (Fsp3) is 0.154. The summed E-state index contributed by atoms with van der Waals surface area (Å²) in [4.78, 5) is 9.68. The van der Waals surface area contributed by atoms with Crippen LogP contribution in [-0.4, -0.2) is 14.5 Å². The standard InChI is InChI=1S/C13H9ClN4S/c14-4-12-17-13-9(5-15)2-1-3-11(13)18(12)7-10-6-16-8-19-10/h1-3,6,8H,4,7H2. The molecule has 0 N–H and O–H groups in total. The van der Waals surface area contributed by atoms with Crippen LogP contribution in [0.2, 0.25) is 0 Å². The van der Waals surface area contributed by atoms with Gasteiger partial charge in [0.1, 0.15) is 17.4 Å². The number of nitriles is 1. The van der Waals surface area contributed by atoms with Gasteiger partial charge < -0.3 is 4.57 Å². The van der Waals surface area contributed by atoms with Gasteiger partial charge in [-0.2, -0.15) is 5.26 Å². The number of rotatable bonds is 3. The van der Waals surface area contributed by atoms with Crippen molar-refractivity contribution in [3.05, 3.63) is 46.2 Å². The van der Waals surface area contributed by atoms with Crippen LogP contribution in [0.25, 0.3) is 11.0 Å². The molecule has 2 aromatic heterocycles. The van der Waals surface area contributed by atoms with Crippen LogP contribution < -0.4 is 0 Å². The highest BCUT2D eigenvalue weighted by Gasteiger charge is 2.13. The zero-order valence-electron chi connectivity index (χ0n) is 9.88. The van der Waals surface area contributed by atoms with Gasteiger partial charge in [0.15, 0.2) is 0 Å². The average molecular weight is 289 g/mol. The minimum Gasteiger partial charge on any atom is -0.322 e. The largest absolute Gasteiger partial charge is 0.322 e. The molecule has 2 heterocycles. The number of aromatic nitrogens is 3. The van der Waals surface area contributed by atoms with Crippen LogP contribution in [0.5, 0.6) is 0 Å². The van der Waals surface area contributed by atoms with Crippen molar-refractivity contribution >= 4 is 34.0 Å². The van der Waals surface area contributed by atoms with Gasteiger partial charge in [-0.05, 0) is 12.1 Å². The Hall–Kier alpha value is -1.90. The van der Waals surface area contributed by atoms with E-state index in [1.54, 1.807) is 22.9 Å². The highest BCUT2D eigenvalue weighted by Crippen LogP contribution is 2.22. The number of hydrogen-bond acceptors (Lipinski definition) is 4. The van der Waals surface area contributed by atoms with Gasteiger partial charge in [0.25, 0.3) is 0 Å². The lowest BCUT2D eigenvalue weighted by Crippen LogP contribution is -2.02. The molecule has 4 nitrogen and oxygen atoms in total. The fourth-order valence-corrected chi connectivity index (χ4v) is 2.83. The summed E-state index contributed by atoms with van der Waals surface area (Å²) in [5, 5.41) is 9.12. The summed E-state index contributed by atoms with van der Waals surface area (Å²) in [7, 11) is 0. The summed E-state index contributed by atoms with van der Waals surface area (Å²) in [6.45, 7) is 0.679. The third kappa shape index (κ3) is 2.09. The number of nitrogens with zero attached hydrogens (tertiary/aromatic N) is 4. The van der Waals surface area contributed by atoms with Crippen molar-refractivity contribution in [1.29, 1.82) is 5.26 Å². The second kappa shape index (κ2) is 5.00. The predicted octanol–water partition coefficient (Wildman–Crippen LogP) is 3.15. The molecule has 1 aromatic carbocycles. The van der Waals surface area contributed by atoms with Crippen molar-refractivity contribution in [3.63, 3.8) is 0 Å². The topological polar surface area (TPSA) is 54.5 Å². The molecule has 0 radical (unpaired) electrons. The number of fused-ring (bicyclic) bond motifs is 1. The summed E-state index contributed by atoms with van der Waals surface area (Å²) in [6.07, 6.45) is 1.84. The van der Waals surface area contributed by atoms with E-state index < -0.39 is 0 Å². The molecule has 94 valence electrons. The minimum atomic E-state index is 0.318. The number of benzene rings is 1. The first-order valence-electron chi connectivity index (χ1n) is 5.65. The maximum absolute atomic E-state index is 9.12. The molecular formula is C13H9ClN4S. The molecule has 0 atom stereocenters. The van der Waals surface area contributed by atoms with Crippen molar-refractivity contribution in [2.75, 3.05) is 0 Å². The van der Waals surface area contributed by atoms with Crippen molar-refractivity contribution in [2.24, 2.45) is 0 Å². The molecule has 0 unspecified atom stereocenters. The third-order valence-electron chi connectivity index (χ3n) is 2.90. The van der Waals surface area contributed by atoms with Crippen molar-refractivity contribution in [2.45, 2.75) is 12.4 Å². The summed E-state index contributed by atoms with van der Waals surface area (Å²) >= 11 is 7.55. The van der Waals surface area contributed by atoms with E-state index in [-0.39, 0.29) is 0 Å². The summed E-state index contributed by atoms with van der Waals surface area (Å²) in [5.74, 6) is 1.09. The quantitative estimate of drug-likeness (QED) is 0.696. The molecule has 3 rings (SSSR count). The Morgan fingerprint density at radius 2 is 2.32 bits per heavy atom. The lowest BCUT2D eigenvalue weighted by molar-refractivity contribution is 0.787. The van der Waals surface area contributed by atoms with E-state index in [0.717, 1.165) is 16.2 Å². The van der Waals surface area contributed by atoms with E-state index in [9.17, 15) is 0 Å². The molecule has 6 heteroatoms. The second-order valence-corrected chi connectivity index (χ2v) is 5.24. The first-order valence-corrected chi connectivity index (χ1v) is 7.06. The summed E-state index contributed by atoms with van der Waals surface area (Å²) < 4.78 is 2.04. The van der Waals surface area contributed by atoms with Crippen molar-refractivity contribution in [3.8, 4) is 6.07 Å². The third-order valence-corrected chi connectivity index (χ3v) is 3.90. The normalized spacial score (nSPS) is 10.7. The van der Waals surface area contributed by atoms with Crippen LogP contribution in [0.1, 0.15) is 16.3 Å². The van der Waals surface area contributed by atoms with E-state index >= 15 is 0 Å². The molecule has 3 aromatic rings. The van der Waals surface area contributed by atoms with Gasteiger partial charge in [0.05, 0.1) is 29.0 Å². The number of thiazole rings is 1. The number of para-hydroxylation sites is 1. The molecule has 0 saturated carbocycles. The Labute approximate surface area is 118 Å². The Morgan fingerprint density at radius 3 is 3.00 bits per heavy atom. The summed E-state index contributed by atoms with van der Waals surface area (Å²) in [6, 6.07) is 7.76. The van der Waals surface area contributed by atoms with E-state index in [2.05, 4.69) is 16.0 Å². The first kappa shape index (κ1) is 12.2. The van der Waals surface area contributed by atoms with Crippen LogP contribution in [0.3, 0.4) is 0 Å². The Morgan fingerprint density at radius 1 is 1.42 bits per heavy atom. The van der Waals surface area contributed by atoms with Gasteiger partial charge in [-0.25, -0.2) is 4.98 Å². The van der Waals surface area contributed by atoms with Gasteiger partial charge in [0, 0.05) is 11.1 Å². The lowest BCUT2D eigenvalue weighted by Gasteiger charge is -2.05. The zero-order valence-corrected chi connectivity index (χ0v) is 11.4. The molecule has 0 aliphatic carbocycles. The minimum absolute atomic E-state index is 0.318. The van der Waals surface area contributed by atoms with Crippen LogP contribution >= 0.6 is 22.9 Å². The molecule has 0 saturated heterocycles. The number of hydrogen-bond donors (Lipinski definition) is 0.